The Hall–Kier alpha value is -0.340. The largest absolute Gasteiger partial charge is 0.382 e. The van der Waals surface area contributed by atoms with E-state index < -0.39 is 0 Å². The molecule has 0 saturated carbocycles. The van der Waals surface area contributed by atoms with Crippen molar-refractivity contribution >= 4 is 0 Å². The number of ether oxygens (including phenoxy) is 1. The lowest BCUT2D eigenvalue weighted by molar-refractivity contribution is 0.105. The van der Waals surface area contributed by atoms with Gasteiger partial charge in [0, 0.05) is 13.2 Å². The summed E-state index contributed by atoms with van der Waals surface area (Å²) in [5.74, 6) is 0. The van der Waals surface area contributed by atoms with E-state index in [1.54, 1.807) is 7.11 Å². The number of methoxy groups -OCH3 is 1. The maximum absolute atomic E-state index is 5.27. The Kier molecular flexibility index (Phi) is 7.81. The van der Waals surface area contributed by atoms with E-state index in [0.717, 1.165) is 13.0 Å². The fourth-order valence-electron chi connectivity index (χ4n) is 1.40. The third kappa shape index (κ3) is 7.10. The summed E-state index contributed by atoms with van der Waals surface area (Å²) in [5, 5.41) is 3.51. The van der Waals surface area contributed by atoms with E-state index in [1.165, 1.54) is 12.0 Å². The van der Waals surface area contributed by atoms with Gasteiger partial charge in [0.05, 0.1) is 6.10 Å². The molecule has 0 aromatic heterocycles. The minimum Gasteiger partial charge on any atom is -0.382 e. The van der Waals surface area contributed by atoms with Crippen LogP contribution in [0.15, 0.2) is 11.6 Å². The molecule has 0 fully saturated rings. The average Bonchev–Trinajstić information content (AvgIpc) is 2.13. The molecule has 0 aromatic rings. The molecule has 84 valence electrons. The smallest absolute Gasteiger partial charge is 0.0561 e. The lowest BCUT2D eigenvalue weighted by atomic mass is 10.1. The molecule has 14 heavy (non-hydrogen) atoms. The monoisotopic (exact) mass is 199 g/mol. The van der Waals surface area contributed by atoms with Crippen LogP contribution in [0.5, 0.6) is 0 Å². The van der Waals surface area contributed by atoms with Crippen molar-refractivity contribution in [2.45, 2.75) is 52.7 Å². The highest BCUT2D eigenvalue weighted by Crippen LogP contribution is 2.05. The summed E-state index contributed by atoms with van der Waals surface area (Å²) >= 11 is 0. The molecule has 0 bridgehead atoms. The van der Waals surface area contributed by atoms with Crippen LogP contribution in [0, 0.1) is 0 Å². The minimum absolute atomic E-state index is 0.319. The standard InChI is InChI=1S/C12H25NO/c1-6-7-13-12(8-10(2)3)9-11(4)14-5/h8,11-13H,6-7,9H2,1-5H3. The number of nitrogens with one attached hydrogen (secondary N) is 1. The van der Waals surface area contributed by atoms with Crippen LogP contribution in [0.4, 0.5) is 0 Å². The van der Waals surface area contributed by atoms with E-state index >= 15 is 0 Å². The Morgan fingerprint density at radius 3 is 2.50 bits per heavy atom. The summed E-state index contributed by atoms with van der Waals surface area (Å²) in [5.41, 5.74) is 1.36. The first-order valence-electron chi connectivity index (χ1n) is 5.51. The highest BCUT2D eigenvalue weighted by molar-refractivity contribution is 5.01. The van der Waals surface area contributed by atoms with Crippen LogP contribution in [0.2, 0.25) is 0 Å². The summed E-state index contributed by atoms with van der Waals surface area (Å²) in [6, 6.07) is 0.454. The molecule has 0 radical (unpaired) electrons. The zero-order valence-corrected chi connectivity index (χ0v) is 10.3. The van der Waals surface area contributed by atoms with Gasteiger partial charge in [-0.25, -0.2) is 0 Å². The topological polar surface area (TPSA) is 21.3 Å². The van der Waals surface area contributed by atoms with Gasteiger partial charge in [-0.15, -0.1) is 0 Å². The maximum atomic E-state index is 5.27. The first-order valence-corrected chi connectivity index (χ1v) is 5.51. The van der Waals surface area contributed by atoms with Crippen molar-refractivity contribution in [3.63, 3.8) is 0 Å². The molecule has 0 aliphatic rings. The van der Waals surface area contributed by atoms with Gasteiger partial charge < -0.3 is 10.1 Å². The molecule has 0 aromatic carbocycles. The van der Waals surface area contributed by atoms with Gasteiger partial charge >= 0.3 is 0 Å². The molecule has 0 amide bonds. The van der Waals surface area contributed by atoms with Crippen LogP contribution in [-0.2, 0) is 4.74 Å². The summed E-state index contributed by atoms with van der Waals surface area (Å²) in [4.78, 5) is 0. The van der Waals surface area contributed by atoms with Crippen LogP contribution in [-0.4, -0.2) is 25.8 Å². The molecular formula is C12H25NO. The fraction of sp³-hybridized carbons (Fsp3) is 0.833. The predicted molar refractivity (Wildman–Crippen MR) is 62.6 cm³/mol. The van der Waals surface area contributed by atoms with Crippen LogP contribution >= 0.6 is 0 Å². The zero-order valence-electron chi connectivity index (χ0n) is 10.3. The molecule has 2 unspecified atom stereocenters. The molecule has 0 spiro atoms. The van der Waals surface area contributed by atoms with Gasteiger partial charge in [0.2, 0.25) is 0 Å². The van der Waals surface area contributed by atoms with E-state index in [9.17, 15) is 0 Å². The minimum atomic E-state index is 0.319. The van der Waals surface area contributed by atoms with E-state index in [0.29, 0.717) is 12.1 Å². The number of hydrogen-bond donors (Lipinski definition) is 1. The molecule has 2 nitrogen and oxygen atoms in total. The van der Waals surface area contributed by atoms with E-state index in [-0.39, 0.29) is 0 Å². The molecular weight excluding hydrogens is 174 g/mol. The van der Waals surface area contributed by atoms with Crippen LogP contribution in [0.1, 0.15) is 40.5 Å². The molecule has 1 N–H and O–H groups in total. The summed E-state index contributed by atoms with van der Waals surface area (Å²) < 4.78 is 5.27. The second-order valence-electron chi connectivity index (χ2n) is 4.09. The fourth-order valence-corrected chi connectivity index (χ4v) is 1.40. The Labute approximate surface area is 88.7 Å². The molecule has 0 rings (SSSR count). The number of hydrogen-bond acceptors (Lipinski definition) is 2. The lowest BCUT2D eigenvalue weighted by Gasteiger charge is -2.19. The van der Waals surface area contributed by atoms with E-state index in [1.807, 2.05) is 0 Å². The molecule has 2 heteroatoms. The van der Waals surface area contributed by atoms with Gasteiger partial charge in [-0.2, -0.15) is 0 Å². The predicted octanol–water partition coefficient (Wildman–Crippen LogP) is 2.75. The number of allylic oxidation sites excluding steroid dienone is 1. The van der Waals surface area contributed by atoms with Crippen molar-refractivity contribution in [3.8, 4) is 0 Å². The third-order valence-electron chi connectivity index (χ3n) is 2.18. The van der Waals surface area contributed by atoms with Crippen LogP contribution < -0.4 is 5.32 Å². The van der Waals surface area contributed by atoms with Crippen molar-refractivity contribution in [2.75, 3.05) is 13.7 Å². The molecule has 2 atom stereocenters. The summed E-state index contributed by atoms with van der Waals surface area (Å²) in [7, 11) is 1.77. The number of rotatable bonds is 7. The van der Waals surface area contributed by atoms with Gasteiger partial charge in [-0.1, -0.05) is 18.6 Å². The van der Waals surface area contributed by atoms with Crippen molar-refractivity contribution in [1.29, 1.82) is 0 Å². The first kappa shape index (κ1) is 13.7. The molecule has 0 aliphatic heterocycles. The van der Waals surface area contributed by atoms with E-state index in [4.69, 9.17) is 4.74 Å². The van der Waals surface area contributed by atoms with Gasteiger partial charge in [0.25, 0.3) is 0 Å². The second kappa shape index (κ2) is 8.01. The quantitative estimate of drug-likeness (QED) is 0.637. The van der Waals surface area contributed by atoms with Gasteiger partial charge in [-0.05, 0) is 40.2 Å². The summed E-state index contributed by atoms with van der Waals surface area (Å²) in [6.07, 6.45) is 4.82. The summed E-state index contributed by atoms with van der Waals surface area (Å²) in [6.45, 7) is 9.65. The Balaban J connectivity index is 4.03. The molecule has 0 aliphatic carbocycles. The molecule has 0 saturated heterocycles. The normalized spacial score (nSPS) is 14.9. The van der Waals surface area contributed by atoms with Gasteiger partial charge in [0.15, 0.2) is 0 Å². The van der Waals surface area contributed by atoms with Gasteiger partial charge in [0.1, 0.15) is 0 Å². The Morgan fingerprint density at radius 1 is 1.43 bits per heavy atom. The first-order chi connectivity index (χ1) is 6.60. The van der Waals surface area contributed by atoms with Gasteiger partial charge in [-0.3, -0.25) is 0 Å². The zero-order chi connectivity index (χ0) is 11.0. The SMILES string of the molecule is CCCNC(C=C(C)C)CC(C)OC. The highest BCUT2D eigenvalue weighted by atomic mass is 16.5. The van der Waals surface area contributed by atoms with Crippen LogP contribution in [0.3, 0.4) is 0 Å². The van der Waals surface area contributed by atoms with Crippen LogP contribution in [0.25, 0.3) is 0 Å². The van der Waals surface area contributed by atoms with Crippen molar-refractivity contribution < 1.29 is 4.74 Å². The van der Waals surface area contributed by atoms with Crippen molar-refractivity contribution in [3.05, 3.63) is 11.6 Å². The van der Waals surface area contributed by atoms with E-state index in [2.05, 4.69) is 39.1 Å². The highest BCUT2D eigenvalue weighted by Gasteiger charge is 2.08. The maximum Gasteiger partial charge on any atom is 0.0561 e. The second-order valence-corrected chi connectivity index (χ2v) is 4.09. The Morgan fingerprint density at radius 2 is 2.07 bits per heavy atom. The lowest BCUT2D eigenvalue weighted by Crippen LogP contribution is -2.31. The Bertz CT molecular complexity index is 162. The average molecular weight is 199 g/mol. The third-order valence-corrected chi connectivity index (χ3v) is 2.18. The van der Waals surface area contributed by atoms with Crippen molar-refractivity contribution in [2.24, 2.45) is 0 Å². The van der Waals surface area contributed by atoms with Crippen molar-refractivity contribution in [1.82, 2.24) is 5.32 Å². The molecule has 0 heterocycles.